The normalized spacial score (nSPS) is 29.6. The van der Waals surface area contributed by atoms with Crippen LogP contribution in [0.4, 0.5) is 0 Å². The number of hydrogen-bond donors (Lipinski definition) is 1. The highest BCUT2D eigenvalue weighted by atomic mass is 16.4. The number of aryl methyl sites for hydroxylation is 1. The summed E-state index contributed by atoms with van der Waals surface area (Å²) in [5, 5.41) is 9.73. The van der Waals surface area contributed by atoms with Crippen LogP contribution in [-0.2, 0) is 9.59 Å². The SMILES string of the molecule is Cc1ccc(C(=O)N2CCCC(C(=O)N3CC4CCCC4C3C(=O)O)C2)cc1. The third kappa shape index (κ3) is 3.40. The summed E-state index contributed by atoms with van der Waals surface area (Å²) in [4.78, 5) is 41.3. The molecule has 4 unspecified atom stereocenters. The summed E-state index contributed by atoms with van der Waals surface area (Å²) in [5.74, 6) is -0.905. The highest BCUT2D eigenvalue weighted by Gasteiger charge is 2.50. The van der Waals surface area contributed by atoms with Crippen LogP contribution in [-0.4, -0.2) is 58.4 Å². The van der Waals surface area contributed by atoms with Gasteiger partial charge in [-0.15, -0.1) is 0 Å². The van der Waals surface area contributed by atoms with Crippen LogP contribution in [0.15, 0.2) is 24.3 Å². The minimum Gasteiger partial charge on any atom is -0.480 e. The fraction of sp³-hybridized carbons (Fsp3) is 0.591. The highest BCUT2D eigenvalue weighted by Crippen LogP contribution is 2.43. The molecule has 1 N–H and O–H groups in total. The lowest BCUT2D eigenvalue weighted by molar-refractivity contribution is -0.152. The lowest BCUT2D eigenvalue weighted by Crippen LogP contribution is -2.50. The highest BCUT2D eigenvalue weighted by molar-refractivity contribution is 5.95. The Kier molecular flexibility index (Phi) is 5.13. The molecule has 4 atom stereocenters. The number of aliphatic carboxylic acids is 1. The lowest BCUT2D eigenvalue weighted by Gasteiger charge is -2.35. The van der Waals surface area contributed by atoms with Crippen molar-refractivity contribution in [3.8, 4) is 0 Å². The third-order valence-electron chi connectivity index (χ3n) is 6.78. The Morgan fingerprint density at radius 1 is 1.00 bits per heavy atom. The molecule has 2 heterocycles. The van der Waals surface area contributed by atoms with Gasteiger partial charge in [-0.1, -0.05) is 24.1 Å². The number of carbonyl (C=O) groups excluding carboxylic acids is 2. The number of carbonyl (C=O) groups is 3. The number of benzene rings is 1. The van der Waals surface area contributed by atoms with Crippen molar-refractivity contribution in [3.63, 3.8) is 0 Å². The van der Waals surface area contributed by atoms with Gasteiger partial charge in [0.25, 0.3) is 5.91 Å². The zero-order chi connectivity index (χ0) is 19.8. The lowest BCUT2D eigenvalue weighted by atomic mass is 9.93. The number of likely N-dealkylation sites (tertiary alicyclic amines) is 2. The summed E-state index contributed by atoms with van der Waals surface area (Å²) >= 11 is 0. The van der Waals surface area contributed by atoms with E-state index in [1.807, 2.05) is 31.2 Å². The molecule has 0 aromatic heterocycles. The van der Waals surface area contributed by atoms with E-state index in [-0.39, 0.29) is 23.7 Å². The van der Waals surface area contributed by atoms with Crippen LogP contribution in [0, 0.1) is 24.7 Å². The topological polar surface area (TPSA) is 77.9 Å². The molecule has 6 nitrogen and oxygen atoms in total. The molecule has 1 aromatic rings. The van der Waals surface area contributed by atoms with E-state index in [2.05, 4.69) is 0 Å². The predicted octanol–water partition coefficient (Wildman–Crippen LogP) is 2.56. The van der Waals surface area contributed by atoms with Gasteiger partial charge in [-0.25, -0.2) is 4.79 Å². The zero-order valence-corrected chi connectivity index (χ0v) is 16.3. The van der Waals surface area contributed by atoms with Gasteiger partial charge in [0.1, 0.15) is 6.04 Å². The molecule has 2 aliphatic heterocycles. The van der Waals surface area contributed by atoms with Crippen molar-refractivity contribution in [2.45, 2.75) is 45.1 Å². The number of carboxylic acid groups (broad SMARTS) is 1. The molecule has 0 bridgehead atoms. The van der Waals surface area contributed by atoms with Gasteiger partial charge in [0.2, 0.25) is 5.91 Å². The molecule has 1 aromatic carbocycles. The van der Waals surface area contributed by atoms with Crippen molar-refractivity contribution >= 4 is 17.8 Å². The second kappa shape index (κ2) is 7.57. The Bertz CT molecular complexity index is 775. The molecule has 3 fully saturated rings. The Balaban J connectivity index is 1.46. The molecule has 0 spiro atoms. The van der Waals surface area contributed by atoms with E-state index in [9.17, 15) is 19.5 Å². The predicted molar refractivity (Wildman–Crippen MR) is 104 cm³/mol. The van der Waals surface area contributed by atoms with Crippen LogP contribution in [0.25, 0.3) is 0 Å². The van der Waals surface area contributed by atoms with Crippen molar-refractivity contribution in [3.05, 3.63) is 35.4 Å². The fourth-order valence-electron chi connectivity index (χ4n) is 5.33. The second-order valence-electron chi connectivity index (χ2n) is 8.58. The van der Waals surface area contributed by atoms with Gasteiger partial charge in [0.15, 0.2) is 0 Å². The van der Waals surface area contributed by atoms with Gasteiger partial charge in [-0.2, -0.15) is 0 Å². The first kappa shape index (κ1) is 19.0. The van der Waals surface area contributed by atoms with Gasteiger partial charge in [-0.3, -0.25) is 9.59 Å². The van der Waals surface area contributed by atoms with Crippen LogP contribution < -0.4 is 0 Å². The number of piperidine rings is 1. The molecule has 6 heteroatoms. The average Bonchev–Trinajstić information content (AvgIpc) is 3.28. The Morgan fingerprint density at radius 3 is 2.46 bits per heavy atom. The maximum atomic E-state index is 13.2. The maximum Gasteiger partial charge on any atom is 0.326 e. The standard InChI is InChI=1S/C22H28N2O4/c1-14-7-9-15(10-8-14)20(25)23-11-3-5-17(12-23)21(26)24-13-16-4-2-6-18(16)19(24)22(27)28/h7-10,16-19H,2-6,11-13H2,1H3,(H,27,28). The van der Waals surface area contributed by atoms with E-state index >= 15 is 0 Å². The van der Waals surface area contributed by atoms with Gasteiger partial charge < -0.3 is 14.9 Å². The van der Waals surface area contributed by atoms with E-state index in [0.29, 0.717) is 37.5 Å². The molecule has 1 aliphatic carbocycles. The molecule has 4 rings (SSSR count). The molecule has 1 saturated carbocycles. The smallest absolute Gasteiger partial charge is 0.326 e. The van der Waals surface area contributed by atoms with Crippen molar-refractivity contribution in [1.29, 1.82) is 0 Å². The summed E-state index contributed by atoms with van der Waals surface area (Å²) in [7, 11) is 0. The summed E-state index contributed by atoms with van der Waals surface area (Å²) in [6.45, 7) is 3.56. The maximum absolute atomic E-state index is 13.2. The zero-order valence-electron chi connectivity index (χ0n) is 16.3. The number of fused-ring (bicyclic) bond motifs is 1. The van der Waals surface area contributed by atoms with E-state index < -0.39 is 12.0 Å². The van der Waals surface area contributed by atoms with Crippen molar-refractivity contribution in [1.82, 2.24) is 9.80 Å². The monoisotopic (exact) mass is 384 g/mol. The number of nitrogens with zero attached hydrogens (tertiary/aromatic N) is 2. The van der Waals surface area contributed by atoms with Gasteiger partial charge in [0, 0.05) is 25.2 Å². The number of hydrogen-bond acceptors (Lipinski definition) is 3. The summed E-state index contributed by atoms with van der Waals surface area (Å²) in [6, 6.07) is 6.79. The van der Waals surface area contributed by atoms with E-state index in [4.69, 9.17) is 0 Å². The van der Waals surface area contributed by atoms with Crippen LogP contribution in [0.5, 0.6) is 0 Å². The second-order valence-corrected chi connectivity index (χ2v) is 8.58. The number of rotatable bonds is 3. The first-order valence-corrected chi connectivity index (χ1v) is 10.3. The minimum absolute atomic E-state index is 0.0504. The summed E-state index contributed by atoms with van der Waals surface area (Å²) in [5.41, 5.74) is 1.74. The van der Waals surface area contributed by atoms with Crippen LogP contribution in [0.2, 0.25) is 0 Å². The van der Waals surface area contributed by atoms with Crippen molar-refractivity contribution in [2.75, 3.05) is 19.6 Å². The molecule has 28 heavy (non-hydrogen) atoms. The minimum atomic E-state index is -0.883. The molecular formula is C22H28N2O4. The molecule has 3 aliphatic rings. The first-order valence-electron chi connectivity index (χ1n) is 10.3. The van der Waals surface area contributed by atoms with Gasteiger partial charge in [-0.05, 0) is 56.6 Å². The van der Waals surface area contributed by atoms with Crippen molar-refractivity contribution < 1.29 is 19.5 Å². The fourth-order valence-corrected chi connectivity index (χ4v) is 5.33. The third-order valence-corrected chi connectivity index (χ3v) is 6.78. The van der Waals surface area contributed by atoms with E-state index in [0.717, 1.165) is 31.2 Å². The number of carboxylic acids is 1. The summed E-state index contributed by atoms with van der Waals surface area (Å²) < 4.78 is 0. The summed E-state index contributed by atoms with van der Waals surface area (Å²) in [6.07, 6.45) is 4.46. The number of amides is 2. The first-order chi connectivity index (χ1) is 13.5. The average molecular weight is 384 g/mol. The molecule has 150 valence electrons. The largest absolute Gasteiger partial charge is 0.480 e. The Morgan fingerprint density at radius 2 is 1.75 bits per heavy atom. The van der Waals surface area contributed by atoms with Crippen LogP contribution in [0.3, 0.4) is 0 Å². The molecular weight excluding hydrogens is 356 g/mol. The molecule has 2 amide bonds. The van der Waals surface area contributed by atoms with Gasteiger partial charge >= 0.3 is 5.97 Å². The quantitative estimate of drug-likeness (QED) is 0.869. The Labute approximate surface area is 165 Å². The molecule has 0 radical (unpaired) electrons. The Hall–Kier alpha value is -2.37. The molecule has 2 saturated heterocycles. The van der Waals surface area contributed by atoms with Crippen LogP contribution >= 0.6 is 0 Å². The van der Waals surface area contributed by atoms with Crippen LogP contribution in [0.1, 0.15) is 48.0 Å². The van der Waals surface area contributed by atoms with E-state index in [1.54, 1.807) is 9.80 Å². The van der Waals surface area contributed by atoms with Gasteiger partial charge in [0.05, 0.1) is 5.92 Å². The van der Waals surface area contributed by atoms with E-state index in [1.165, 1.54) is 0 Å². The van der Waals surface area contributed by atoms with Crippen molar-refractivity contribution in [2.24, 2.45) is 17.8 Å².